The number of carbonyl (C=O) groups excluding carboxylic acids is 2. The Balaban J connectivity index is 1.96. The zero-order chi connectivity index (χ0) is 21.7. The van der Waals surface area contributed by atoms with Crippen LogP contribution < -0.4 is 10.6 Å². The lowest BCUT2D eigenvalue weighted by Crippen LogP contribution is -2.55. The molecule has 0 aliphatic carbocycles. The molecule has 0 saturated carbocycles. The van der Waals surface area contributed by atoms with Gasteiger partial charge in [-0.1, -0.05) is 30.3 Å². The number of carboxylic acids is 1. The summed E-state index contributed by atoms with van der Waals surface area (Å²) in [4.78, 5) is 35.8. The monoisotopic (exact) mass is 408 g/mol. The fraction of sp³-hybridized carbons (Fsp3) is 0.250. The van der Waals surface area contributed by atoms with Crippen LogP contribution in [0.4, 0.5) is 13.2 Å². The van der Waals surface area contributed by atoms with Crippen molar-refractivity contribution in [3.8, 4) is 0 Å². The van der Waals surface area contributed by atoms with Crippen LogP contribution in [-0.4, -0.2) is 35.0 Å². The SMILES string of the molecule is C[C@](Cc1ccccc1)(NC(=O)CNC(=O)c1ccc(C(F)(F)F)cc1)C(=O)O. The number of aliphatic carboxylic acids is 1. The van der Waals surface area contributed by atoms with E-state index in [9.17, 15) is 32.7 Å². The molecule has 2 amide bonds. The molecule has 2 aromatic carbocycles. The molecule has 0 heterocycles. The Labute approximate surface area is 164 Å². The molecule has 154 valence electrons. The topological polar surface area (TPSA) is 95.5 Å². The van der Waals surface area contributed by atoms with E-state index in [1.54, 1.807) is 30.3 Å². The molecule has 0 fully saturated rings. The third-order valence-electron chi connectivity index (χ3n) is 4.17. The summed E-state index contributed by atoms with van der Waals surface area (Å²) in [6.45, 7) is 0.815. The van der Waals surface area contributed by atoms with Gasteiger partial charge in [-0.3, -0.25) is 9.59 Å². The van der Waals surface area contributed by atoms with Crippen LogP contribution in [-0.2, 0) is 22.2 Å². The molecule has 0 aromatic heterocycles. The summed E-state index contributed by atoms with van der Waals surface area (Å²) in [6.07, 6.45) is -4.49. The van der Waals surface area contributed by atoms with Crippen molar-refractivity contribution in [1.29, 1.82) is 0 Å². The van der Waals surface area contributed by atoms with E-state index in [0.717, 1.165) is 24.3 Å². The number of rotatable bonds is 7. The van der Waals surface area contributed by atoms with Crippen molar-refractivity contribution in [3.63, 3.8) is 0 Å². The zero-order valence-electron chi connectivity index (χ0n) is 15.4. The highest BCUT2D eigenvalue weighted by Gasteiger charge is 2.35. The maximum absolute atomic E-state index is 12.6. The van der Waals surface area contributed by atoms with E-state index < -0.39 is 41.6 Å². The lowest BCUT2D eigenvalue weighted by Gasteiger charge is -2.26. The Morgan fingerprint density at radius 2 is 1.55 bits per heavy atom. The average Bonchev–Trinajstić information content (AvgIpc) is 2.66. The molecule has 2 aromatic rings. The van der Waals surface area contributed by atoms with Crippen LogP contribution in [0.5, 0.6) is 0 Å². The van der Waals surface area contributed by atoms with Gasteiger partial charge in [0.25, 0.3) is 5.91 Å². The molecule has 2 rings (SSSR count). The second kappa shape index (κ2) is 8.76. The Morgan fingerprint density at radius 1 is 0.966 bits per heavy atom. The van der Waals surface area contributed by atoms with Crippen LogP contribution in [0, 0.1) is 0 Å². The maximum Gasteiger partial charge on any atom is 0.416 e. The third-order valence-corrected chi connectivity index (χ3v) is 4.17. The average molecular weight is 408 g/mol. The van der Waals surface area contributed by atoms with Crippen LogP contribution in [0.3, 0.4) is 0 Å². The number of halogens is 3. The van der Waals surface area contributed by atoms with Gasteiger partial charge in [-0.15, -0.1) is 0 Å². The molecule has 0 bridgehead atoms. The van der Waals surface area contributed by atoms with E-state index in [2.05, 4.69) is 10.6 Å². The summed E-state index contributed by atoms with van der Waals surface area (Å²) >= 11 is 0. The van der Waals surface area contributed by atoms with E-state index in [0.29, 0.717) is 5.56 Å². The van der Waals surface area contributed by atoms with Crippen molar-refractivity contribution >= 4 is 17.8 Å². The Kier molecular flexibility index (Phi) is 6.63. The van der Waals surface area contributed by atoms with Gasteiger partial charge in [0.15, 0.2) is 0 Å². The number of carbonyl (C=O) groups is 3. The molecule has 0 spiro atoms. The summed E-state index contributed by atoms with van der Waals surface area (Å²) in [7, 11) is 0. The molecule has 9 heteroatoms. The molecule has 0 saturated heterocycles. The van der Waals surface area contributed by atoms with Gasteiger partial charge in [0, 0.05) is 12.0 Å². The predicted molar refractivity (Wildman–Crippen MR) is 98.1 cm³/mol. The number of benzene rings is 2. The van der Waals surface area contributed by atoms with Crippen LogP contribution in [0.15, 0.2) is 54.6 Å². The van der Waals surface area contributed by atoms with Crippen LogP contribution in [0.1, 0.15) is 28.4 Å². The predicted octanol–water partition coefficient (Wildman–Crippen LogP) is 2.64. The van der Waals surface area contributed by atoms with Gasteiger partial charge < -0.3 is 15.7 Å². The number of amides is 2. The van der Waals surface area contributed by atoms with Gasteiger partial charge in [0.1, 0.15) is 5.54 Å². The third kappa shape index (κ3) is 6.06. The second-order valence-corrected chi connectivity index (χ2v) is 6.61. The molecule has 29 heavy (non-hydrogen) atoms. The standard InChI is InChI=1S/C20H19F3N2O4/c1-19(18(28)29,11-13-5-3-2-4-6-13)25-16(26)12-24-17(27)14-7-9-15(10-8-14)20(21,22)23/h2-10H,11-12H2,1H3,(H,24,27)(H,25,26)(H,28,29)/t19-/m1/s1. The fourth-order valence-corrected chi connectivity index (χ4v) is 2.60. The number of hydrogen-bond donors (Lipinski definition) is 3. The molecule has 6 nitrogen and oxygen atoms in total. The van der Waals surface area contributed by atoms with Gasteiger partial charge in [0.05, 0.1) is 12.1 Å². The van der Waals surface area contributed by atoms with E-state index in [1.807, 2.05) is 0 Å². The first-order valence-corrected chi connectivity index (χ1v) is 8.55. The Bertz CT molecular complexity index is 883. The summed E-state index contributed by atoms with van der Waals surface area (Å²) < 4.78 is 37.7. The minimum absolute atomic E-state index is 0.0295. The van der Waals surface area contributed by atoms with Gasteiger partial charge in [-0.2, -0.15) is 13.2 Å². The first-order chi connectivity index (χ1) is 13.5. The fourth-order valence-electron chi connectivity index (χ4n) is 2.60. The number of alkyl halides is 3. The summed E-state index contributed by atoms with van der Waals surface area (Å²) in [5, 5.41) is 14.1. The highest BCUT2D eigenvalue weighted by molar-refractivity contribution is 5.97. The van der Waals surface area contributed by atoms with Crippen molar-refractivity contribution < 1.29 is 32.7 Å². The maximum atomic E-state index is 12.6. The van der Waals surface area contributed by atoms with E-state index >= 15 is 0 Å². The van der Waals surface area contributed by atoms with Crippen LogP contribution >= 0.6 is 0 Å². The minimum Gasteiger partial charge on any atom is -0.480 e. The molecule has 3 N–H and O–H groups in total. The summed E-state index contributed by atoms with van der Waals surface area (Å²) in [5.41, 5.74) is -1.86. The first kappa shape index (κ1) is 21.9. The van der Waals surface area contributed by atoms with Crippen molar-refractivity contribution in [2.45, 2.75) is 25.1 Å². The zero-order valence-corrected chi connectivity index (χ0v) is 15.4. The molecule has 0 radical (unpaired) electrons. The van der Waals surface area contributed by atoms with Gasteiger partial charge >= 0.3 is 12.1 Å². The number of nitrogens with one attached hydrogen (secondary N) is 2. The van der Waals surface area contributed by atoms with E-state index in [1.165, 1.54) is 6.92 Å². The largest absolute Gasteiger partial charge is 0.480 e. The smallest absolute Gasteiger partial charge is 0.416 e. The van der Waals surface area contributed by atoms with E-state index in [-0.39, 0.29) is 12.0 Å². The number of hydrogen-bond acceptors (Lipinski definition) is 3. The molecule has 0 aliphatic heterocycles. The highest BCUT2D eigenvalue weighted by atomic mass is 19.4. The van der Waals surface area contributed by atoms with Crippen molar-refractivity contribution in [1.82, 2.24) is 10.6 Å². The second-order valence-electron chi connectivity index (χ2n) is 6.61. The van der Waals surface area contributed by atoms with Gasteiger partial charge in [-0.05, 0) is 36.8 Å². The van der Waals surface area contributed by atoms with Crippen LogP contribution in [0.25, 0.3) is 0 Å². The quantitative estimate of drug-likeness (QED) is 0.656. The Hall–Kier alpha value is -3.36. The molecular weight excluding hydrogens is 389 g/mol. The van der Waals surface area contributed by atoms with Gasteiger partial charge in [-0.25, -0.2) is 4.79 Å². The van der Waals surface area contributed by atoms with Crippen LogP contribution in [0.2, 0.25) is 0 Å². The highest BCUT2D eigenvalue weighted by Crippen LogP contribution is 2.29. The van der Waals surface area contributed by atoms with Gasteiger partial charge in [0.2, 0.25) is 5.91 Å². The normalized spacial score (nSPS) is 13.2. The lowest BCUT2D eigenvalue weighted by molar-refractivity contribution is -0.146. The van der Waals surface area contributed by atoms with Crippen molar-refractivity contribution in [2.24, 2.45) is 0 Å². The summed E-state index contributed by atoms with van der Waals surface area (Å²) in [6, 6.07) is 12.2. The first-order valence-electron chi connectivity index (χ1n) is 8.55. The van der Waals surface area contributed by atoms with Crippen molar-refractivity contribution in [2.75, 3.05) is 6.54 Å². The Morgan fingerprint density at radius 3 is 2.07 bits per heavy atom. The molecule has 0 aliphatic rings. The minimum atomic E-state index is -4.52. The molecule has 1 atom stereocenters. The number of carboxylic acid groups (broad SMARTS) is 1. The van der Waals surface area contributed by atoms with Crippen molar-refractivity contribution in [3.05, 3.63) is 71.3 Å². The summed E-state index contributed by atoms with van der Waals surface area (Å²) in [5.74, 6) is -2.75. The lowest BCUT2D eigenvalue weighted by atomic mass is 9.93. The molecule has 0 unspecified atom stereocenters. The molecular formula is C20H19F3N2O4. The van der Waals surface area contributed by atoms with E-state index in [4.69, 9.17) is 0 Å².